The molecule has 0 saturated carbocycles. The summed E-state index contributed by atoms with van der Waals surface area (Å²) in [6.07, 6.45) is 1.98. The lowest BCUT2D eigenvalue weighted by Crippen LogP contribution is -2.51. The minimum absolute atomic E-state index is 0.0159. The van der Waals surface area contributed by atoms with Crippen molar-refractivity contribution in [3.05, 3.63) is 23.2 Å². The van der Waals surface area contributed by atoms with Crippen molar-refractivity contribution >= 4 is 23.3 Å². The van der Waals surface area contributed by atoms with Gasteiger partial charge in [-0.2, -0.15) is 0 Å². The highest BCUT2D eigenvalue weighted by Gasteiger charge is 2.31. The van der Waals surface area contributed by atoms with Gasteiger partial charge < -0.3 is 20.1 Å². The Morgan fingerprint density at radius 1 is 1.57 bits per heavy atom. The Balaban J connectivity index is 2.08. The lowest BCUT2D eigenvalue weighted by atomic mass is 9.91. The summed E-state index contributed by atoms with van der Waals surface area (Å²) in [4.78, 5) is 14.1. The van der Waals surface area contributed by atoms with Crippen molar-refractivity contribution in [3.8, 4) is 5.75 Å². The van der Waals surface area contributed by atoms with Crippen molar-refractivity contribution in [2.45, 2.75) is 25.8 Å². The number of carbonyl (C=O) groups is 1. The third kappa shape index (κ3) is 3.60. The van der Waals surface area contributed by atoms with Gasteiger partial charge in [0.05, 0.1) is 24.8 Å². The number of rotatable bonds is 3. The summed E-state index contributed by atoms with van der Waals surface area (Å²) in [7, 11) is 1.54. The minimum atomic E-state index is -0.207. The van der Waals surface area contributed by atoms with E-state index < -0.39 is 0 Å². The highest BCUT2D eigenvalue weighted by atomic mass is 35.5. The van der Waals surface area contributed by atoms with Crippen molar-refractivity contribution in [2.75, 3.05) is 25.6 Å². The molecule has 0 bridgehead atoms. The summed E-state index contributed by atoms with van der Waals surface area (Å²) in [5, 5.41) is 12.8. The van der Waals surface area contributed by atoms with Gasteiger partial charge in [0, 0.05) is 12.2 Å². The summed E-state index contributed by atoms with van der Waals surface area (Å²) < 4.78 is 5.08. The topological polar surface area (TPSA) is 61.8 Å². The number of aliphatic hydroxyl groups excluding tert-OH is 1. The zero-order valence-corrected chi connectivity index (χ0v) is 13.1. The molecule has 21 heavy (non-hydrogen) atoms. The molecule has 0 spiro atoms. The van der Waals surface area contributed by atoms with Crippen molar-refractivity contribution in [1.29, 1.82) is 0 Å². The van der Waals surface area contributed by atoms with Crippen LogP contribution in [0.15, 0.2) is 18.2 Å². The molecule has 1 aliphatic heterocycles. The van der Waals surface area contributed by atoms with E-state index in [4.69, 9.17) is 16.3 Å². The van der Waals surface area contributed by atoms with E-state index in [1.54, 1.807) is 30.2 Å². The summed E-state index contributed by atoms with van der Waals surface area (Å²) in [5.41, 5.74) is 0.612. The largest absolute Gasteiger partial charge is 0.495 e. The van der Waals surface area contributed by atoms with Crippen LogP contribution in [0.1, 0.15) is 19.8 Å². The maximum Gasteiger partial charge on any atom is 0.322 e. The normalized spacial score (nSPS) is 22.0. The van der Waals surface area contributed by atoms with Crippen LogP contribution >= 0.6 is 11.6 Å². The van der Waals surface area contributed by atoms with E-state index in [2.05, 4.69) is 12.2 Å². The fraction of sp³-hybridized carbons (Fsp3) is 0.533. The Morgan fingerprint density at radius 3 is 2.95 bits per heavy atom. The SMILES string of the molecule is COc1ccc(NC(=O)N2CCCC(C)C2CO)cc1Cl. The Labute approximate surface area is 129 Å². The fourth-order valence-electron chi connectivity index (χ4n) is 2.72. The number of nitrogens with one attached hydrogen (secondary N) is 1. The van der Waals surface area contributed by atoms with Gasteiger partial charge in [0.15, 0.2) is 0 Å². The predicted molar refractivity (Wildman–Crippen MR) is 83.0 cm³/mol. The number of methoxy groups -OCH3 is 1. The Bertz CT molecular complexity index is 510. The number of carbonyl (C=O) groups excluding carboxylic acids is 1. The first-order valence-corrected chi connectivity index (χ1v) is 7.46. The Kier molecular flexibility index (Phi) is 5.31. The maximum absolute atomic E-state index is 12.4. The van der Waals surface area contributed by atoms with E-state index in [-0.39, 0.29) is 18.7 Å². The second kappa shape index (κ2) is 7.00. The second-order valence-electron chi connectivity index (χ2n) is 5.34. The molecule has 116 valence electrons. The van der Waals surface area contributed by atoms with Crippen LogP contribution in [-0.2, 0) is 0 Å². The molecule has 1 aromatic carbocycles. The Morgan fingerprint density at radius 2 is 2.33 bits per heavy atom. The van der Waals surface area contributed by atoms with Gasteiger partial charge in [-0.3, -0.25) is 0 Å². The van der Waals surface area contributed by atoms with Crippen LogP contribution in [0.25, 0.3) is 0 Å². The van der Waals surface area contributed by atoms with E-state index in [1.807, 2.05) is 0 Å². The molecule has 1 heterocycles. The summed E-state index contributed by atoms with van der Waals surface area (Å²) >= 11 is 6.05. The minimum Gasteiger partial charge on any atom is -0.495 e. The van der Waals surface area contributed by atoms with Crippen LogP contribution in [0.5, 0.6) is 5.75 Å². The highest BCUT2D eigenvalue weighted by Crippen LogP contribution is 2.28. The molecule has 1 fully saturated rings. The van der Waals surface area contributed by atoms with Gasteiger partial charge in [-0.05, 0) is 37.0 Å². The average Bonchev–Trinajstić information content (AvgIpc) is 2.47. The smallest absolute Gasteiger partial charge is 0.322 e. The number of urea groups is 1. The molecule has 2 N–H and O–H groups in total. The highest BCUT2D eigenvalue weighted by molar-refractivity contribution is 6.32. The summed E-state index contributed by atoms with van der Waals surface area (Å²) in [6, 6.07) is 4.76. The molecule has 6 heteroatoms. The molecule has 0 aliphatic carbocycles. The first-order valence-electron chi connectivity index (χ1n) is 7.08. The lowest BCUT2D eigenvalue weighted by Gasteiger charge is -2.38. The molecule has 0 radical (unpaired) electrons. The Hall–Kier alpha value is -1.46. The lowest BCUT2D eigenvalue weighted by molar-refractivity contribution is 0.0811. The monoisotopic (exact) mass is 312 g/mol. The van der Waals surface area contributed by atoms with Gasteiger partial charge in [0.1, 0.15) is 5.75 Å². The summed E-state index contributed by atoms with van der Waals surface area (Å²) in [5.74, 6) is 0.864. The van der Waals surface area contributed by atoms with Crippen LogP contribution in [0.3, 0.4) is 0 Å². The molecule has 2 rings (SSSR count). The number of benzene rings is 1. The fourth-order valence-corrected chi connectivity index (χ4v) is 2.98. The first kappa shape index (κ1) is 15.9. The van der Waals surface area contributed by atoms with Gasteiger partial charge in [-0.25, -0.2) is 4.79 Å². The summed E-state index contributed by atoms with van der Waals surface area (Å²) in [6.45, 7) is 2.70. The van der Waals surface area contributed by atoms with Gasteiger partial charge in [-0.15, -0.1) is 0 Å². The number of ether oxygens (including phenoxy) is 1. The van der Waals surface area contributed by atoms with Crippen LogP contribution in [-0.4, -0.2) is 42.3 Å². The molecular weight excluding hydrogens is 292 g/mol. The molecule has 0 aromatic heterocycles. The van der Waals surface area contributed by atoms with Crippen molar-refractivity contribution < 1.29 is 14.6 Å². The van der Waals surface area contributed by atoms with Crippen molar-refractivity contribution in [3.63, 3.8) is 0 Å². The van der Waals surface area contributed by atoms with E-state index >= 15 is 0 Å². The second-order valence-corrected chi connectivity index (χ2v) is 5.75. The number of halogens is 1. The number of amides is 2. The zero-order valence-electron chi connectivity index (χ0n) is 12.3. The number of nitrogens with zero attached hydrogens (tertiary/aromatic N) is 1. The maximum atomic E-state index is 12.4. The number of piperidine rings is 1. The molecule has 2 amide bonds. The molecule has 1 aliphatic rings. The number of hydrogen-bond acceptors (Lipinski definition) is 3. The third-order valence-electron chi connectivity index (χ3n) is 3.97. The molecule has 1 aromatic rings. The number of anilines is 1. The quantitative estimate of drug-likeness (QED) is 0.902. The average molecular weight is 313 g/mol. The van der Waals surface area contributed by atoms with Gasteiger partial charge >= 0.3 is 6.03 Å². The first-order chi connectivity index (χ1) is 10.1. The van der Waals surface area contributed by atoms with Gasteiger partial charge in [0.2, 0.25) is 0 Å². The van der Waals surface area contributed by atoms with E-state index in [1.165, 1.54) is 0 Å². The van der Waals surface area contributed by atoms with Crippen molar-refractivity contribution in [1.82, 2.24) is 4.90 Å². The zero-order chi connectivity index (χ0) is 15.4. The van der Waals surface area contributed by atoms with Gasteiger partial charge in [-0.1, -0.05) is 18.5 Å². The molecule has 2 atom stereocenters. The van der Waals surface area contributed by atoms with Crippen LogP contribution in [0.4, 0.5) is 10.5 Å². The van der Waals surface area contributed by atoms with Crippen LogP contribution in [0.2, 0.25) is 5.02 Å². The van der Waals surface area contributed by atoms with Crippen molar-refractivity contribution in [2.24, 2.45) is 5.92 Å². The predicted octanol–water partition coefficient (Wildman–Crippen LogP) is 2.97. The van der Waals surface area contributed by atoms with Crippen LogP contribution < -0.4 is 10.1 Å². The number of likely N-dealkylation sites (tertiary alicyclic amines) is 1. The number of aliphatic hydroxyl groups is 1. The third-order valence-corrected chi connectivity index (χ3v) is 4.26. The van der Waals surface area contributed by atoms with Crippen LogP contribution in [0, 0.1) is 5.92 Å². The van der Waals surface area contributed by atoms with E-state index in [0.29, 0.717) is 28.9 Å². The molecule has 1 saturated heterocycles. The van der Waals surface area contributed by atoms with E-state index in [0.717, 1.165) is 12.8 Å². The number of hydrogen-bond donors (Lipinski definition) is 2. The standard InChI is InChI=1S/C15H21ClN2O3/c1-10-4-3-7-18(13(10)9-19)15(20)17-11-5-6-14(21-2)12(16)8-11/h5-6,8,10,13,19H,3-4,7,9H2,1-2H3,(H,17,20). The molecule has 2 unspecified atom stereocenters. The molecule has 5 nitrogen and oxygen atoms in total. The van der Waals surface area contributed by atoms with Gasteiger partial charge in [0.25, 0.3) is 0 Å². The molecular formula is C15H21ClN2O3. The van der Waals surface area contributed by atoms with E-state index in [9.17, 15) is 9.90 Å².